The van der Waals surface area contributed by atoms with Crippen molar-refractivity contribution in [2.24, 2.45) is 0 Å². The van der Waals surface area contributed by atoms with Crippen LogP contribution in [0, 0.1) is 13.8 Å². The largest absolute Gasteiger partial charge is 0.394 e. The molecule has 2 rings (SSSR count). The molecule has 0 spiro atoms. The number of aliphatic hydroxyl groups excluding tert-OH is 1. The molecule has 3 nitrogen and oxygen atoms in total. The van der Waals surface area contributed by atoms with Gasteiger partial charge in [-0.3, -0.25) is 0 Å². The topological polar surface area (TPSA) is 41.5 Å². The second-order valence-electron chi connectivity index (χ2n) is 5.14. The first-order valence-corrected chi connectivity index (χ1v) is 6.73. The van der Waals surface area contributed by atoms with Gasteiger partial charge in [0, 0.05) is 13.2 Å². The fourth-order valence-corrected chi connectivity index (χ4v) is 2.57. The van der Waals surface area contributed by atoms with Crippen LogP contribution >= 0.6 is 0 Å². The second-order valence-corrected chi connectivity index (χ2v) is 5.14. The summed E-state index contributed by atoms with van der Waals surface area (Å²) >= 11 is 0. The molecule has 1 aromatic rings. The Labute approximate surface area is 109 Å². The molecule has 1 aliphatic heterocycles. The Hall–Kier alpha value is -0.900. The number of aryl methyl sites for hydroxylation is 2. The Morgan fingerprint density at radius 1 is 1.44 bits per heavy atom. The molecule has 1 saturated heterocycles. The number of aliphatic hydroxyl groups is 1. The van der Waals surface area contributed by atoms with E-state index in [-0.39, 0.29) is 12.6 Å². The normalized spacial score (nSPS) is 21.2. The van der Waals surface area contributed by atoms with E-state index in [2.05, 4.69) is 37.4 Å². The summed E-state index contributed by atoms with van der Waals surface area (Å²) in [5, 5.41) is 13.0. The van der Waals surface area contributed by atoms with Crippen LogP contribution in [0.1, 0.15) is 35.6 Å². The van der Waals surface area contributed by atoms with Crippen LogP contribution in [0.3, 0.4) is 0 Å². The number of hydrogen-bond acceptors (Lipinski definition) is 3. The third kappa shape index (κ3) is 3.31. The second kappa shape index (κ2) is 6.32. The molecule has 0 amide bonds. The van der Waals surface area contributed by atoms with Crippen molar-refractivity contribution in [2.45, 2.75) is 38.8 Å². The molecule has 1 aromatic carbocycles. The van der Waals surface area contributed by atoms with E-state index in [1.54, 1.807) is 0 Å². The van der Waals surface area contributed by atoms with Crippen molar-refractivity contribution in [3.63, 3.8) is 0 Å². The molecular weight excluding hydrogens is 226 g/mol. The SMILES string of the molecule is Cc1ccc(C(CO)NCC2CCCO2)c(C)c1. The van der Waals surface area contributed by atoms with Gasteiger partial charge in [-0.05, 0) is 37.8 Å². The summed E-state index contributed by atoms with van der Waals surface area (Å²) in [6, 6.07) is 6.37. The Morgan fingerprint density at radius 3 is 2.89 bits per heavy atom. The van der Waals surface area contributed by atoms with E-state index in [4.69, 9.17) is 4.74 Å². The summed E-state index contributed by atoms with van der Waals surface area (Å²) < 4.78 is 5.59. The minimum Gasteiger partial charge on any atom is -0.394 e. The first-order chi connectivity index (χ1) is 8.70. The summed E-state index contributed by atoms with van der Waals surface area (Å²) in [7, 11) is 0. The van der Waals surface area contributed by atoms with Crippen molar-refractivity contribution in [1.82, 2.24) is 5.32 Å². The van der Waals surface area contributed by atoms with Gasteiger partial charge in [0.15, 0.2) is 0 Å². The molecular formula is C15H23NO2. The molecule has 0 radical (unpaired) electrons. The van der Waals surface area contributed by atoms with Crippen molar-refractivity contribution in [2.75, 3.05) is 19.8 Å². The van der Waals surface area contributed by atoms with Gasteiger partial charge in [-0.1, -0.05) is 23.8 Å². The zero-order valence-electron chi connectivity index (χ0n) is 11.3. The zero-order valence-corrected chi connectivity index (χ0v) is 11.3. The van der Waals surface area contributed by atoms with E-state index in [9.17, 15) is 5.11 Å². The van der Waals surface area contributed by atoms with Crippen molar-refractivity contribution in [1.29, 1.82) is 0 Å². The van der Waals surface area contributed by atoms with E-state index in [0.29, 0.717) is 6.10 Å². The Morgan fingerprint density at radius 2 is 2.28 bits per heavy atom. The highest BCUT2D eigenvalue weighted by Crippen LogP contribution is 2.19. The third-order valence-electron chi connectivity index (χ3n) is 3.60. The van der Waals surface area contributed by atoms with Crippen LogP contribution in [-0.4, -0.2) is 31.0 Å². The van der Waals surface area contributed by atoms with Crippen LogP contribution in [0.25, 0.3) is 0 Å². The molecule has 0 saturated carbocycles. The standard InChI is InChI=1S/C15H23NO2/c1-11-5-6-14(12(2)8-11)15(10-17)16-9-13-4-3-7-18-13/h5-6,8,13,15-17H,3-4,7,9-10H2,1-2H3. The van der Waals surface area contributed by atoms with Gasteiger partial charge < -0.3 is 15.2 Å². The molecule has 2 N–H and O–H groups in total. The minimum atomic E-state index is 0.00907. The summed E-state index contributed by atoms with van der Waals surface area (Å²) in [4.78, 5) is 0. The first kappa shape index (κ1) is 13.5. The Kier molecular flexibility index (Phi) is 4.75. The molecule has 2 atom stereocenters. The molecule has 1 fully saturated rings. The fourth-order valence-electron chi connectivity index (χ4n) is 2.57. The quantitative estimate of drug-likeness (QED) is 0.839. The lowest BCUT2D eigenvalue weighted by atomic mass is 9.99. The van der Waals surface area contributed by atoms with Crippen molar-refractivity contribution >= 4 is 0 Å². The highest BCUT2D eigenvalue weighted by Gasteiger charge is 2.18. The predicted octanol–water partition coefficient (Wildman–Crippen LogP) is 2.11. The monoisotopic (exact) mass is 249 g/mol. The predicted molar refractivity (Wildman–Crippen MR) is 72.7 cm³/mol. The molecule has 1 heterocycles. The van der Waals surface area contributed by atoms with Crippen LogP contribution in [0.4, 0.5) is 0 Å². The van der Waals surface area contributed by atoms with Gasteiger partial charge in [0.25, 0.3) is 0 Å². The van der Waals surface area contributed by atoms with E-state index < -0.39 is 0 Å². The van der Waals surface area contributed by atoms with E-state index >= 15 is 0 Å². The van der Waals surface area contributed by atoms with Gasteiger partial charge in [-0.2, -0.15) is 0 Å². The van der Waals surface area contributed by atoms with Gasteiger partial charge in [-0.15, -0.1) is 0 Å². The summed E-state index contributed by atoms with van der Waals surface area (Å²) in [6.07, 6.45) is 2.59. The molecule has 3 heteroatoms. The molecule has 18 heavy (non-hydrogen) atoms. The Bertz CT molecular complexity index is 386. The fraction of sp³-hybridized carbons (Fsp3) is 0.600. The van der Waals surface area contributed by atoms with Crippen molar-refractivity contribution in [3.8, 4) is 0 Å². The molecule has 0 bridgehead atoms. The number of nitrogens with one attached hydrogen (secondary N) is 1. The number of hydrogen-bond donors (Lipinski definition) is 2. The van der Waals surface area contributed by atoms with Crippen LogP contribution in [0.5, 0.6) is 0 Å². The molecule has 2 unspecified atom stereocenters. The van der Waals surface area contributed by atoms with Crippen LogP contribution in [0.15, 0.2) is 18.2 Å². The van der Waals surface area contributed by atoms with Gasteiger partial charge in [-0.25, -0.2) is 0 Å². The molecule has 100 valence electrons. The van der Waals surface area contributed by atoms with Crippen molar-refractivity contribution in [3.05, 3.63) is 34.9 Å². The summed E-state index contributed by atoms with van der Waals surface area (Å²) in [5.74, 6) is 0. The number of rotatable bonds is 5. The molecule has 0 aliphatic carbocycles. The van der Waals surface area contributed by atoms with Gasteiger partial charge in [0.1, 0.15) is 0 Å². The summed E-state index contributed by atoms with van der Waals surface area (Å²) in [5.41, 5.74) is 3.67. The number of benzene rings is 1. The lowest BCUT2D eigenvalue weighted by Gasteiger charge is -2.21. The highest BCUT2D eigenvalue weighted by atomic mass is 16.5. The van der Waals surface area contributed by atoms with Gasteiger partial charge >= 0.3 is 0 Å². The minimum absolute atomic E-state index is 0.00907. The smallest absolute Gasteiger partial charge is 0.0700 e. The maximum atomic E-state index is 9.54. The number of ether oxygens (including phenoxy) is 1. The van der Waals surface area contributed by atoms with Gasteiger partial charge in [0.05, 0.1) is 18.8 Å². The van der Waals surface area contributed by atoms with Crippen LogP contribution in [-0.2, 0) is 4.74 Å². The average Bonchev–Trinajstić information content (AvgIpc) is 2.85. The maximum absolute atomic E-state index is 9.54. The zero-order chi connectivity index (χ0) is 13.0. The molecule has 1 aliphatic rings. The Balaban J connectivity index is 1.98. The first-order valence-electron chi connectivity index (χ1n) is 6.73. The lowest BCUT2D eigenvalue weighted by molar-refractivity contribution is 0.104. The van der Waals surface area contributed by atoms with E-state index in [1.807, 2.05) is 0 Å². The highest BCUT2D eigenvalue weighted by molar-refractivity contribution is 5.32. The lowest BCUT2D eigenvalue weighted by Crippen LogP contribution is -2.32. The molecule has 0 aromatic heterocycles. The third-order valence-corrected chi connectivity index (χ3v) is 3.60. The van der Waals surface area contributed by atoms with E-state index in [1.165, 1.54) is 16.7 Å². The van der Waals surface area contributed by atoms with E-state index in [0.717, 1.165) is 26.0 Å². The van der Waals surface area contributed by atoms with Crippen LogP contribution in [0.2, 0.25) is 0 Å². The van der Waals surface area contributed by atoms with Crippen molar-refractivity contribution < 1.29 is 9.84 Å². The summed E-state index contributed by atoms with van der Waals surface area (Å²) in [6.45, 7) is 6.00. The maximum Gasteiger partial charge on any atom is 0.0700 e. The van der Waals surface area contributed by atoms with Crippen LogP contribution < -0.4 is 5.32 Å². The average molecular weight is 249 g/mol. The van der Waals surface area contributed by atoms with Gasteiger partial charge in [0.2, 0.25) is 0 Å².